The summed E-state index contributed by atoms with van der Waals surface area (Å²) in [6, 6.07) is 5.44. The molecular weight excluding hydrogens is 384 g/mol. The molecule has 0 N–H and O–H groups in total. The van der Waals surface area contributed by atoms with E-state index in [2.05, 4.69) is 15.9 Å². The van der Waals surface area contributed by atoms with E-state index >= 15 is 0 Å². The molecule has 2 amide bonds. The standard InChI is InChI=1S/C16H20BrClN2O3/c1-12(21)19-6-8-20(9-7-19)16(22)3-2-10-23-15-5-4-13(17)11-14(15)18/h4-5,11H,2-3,6-10H2,1H3. The van der Waals surface area contributed by atoms with Crippen molar-refractivity contribution in [1.29, 1.82) is 0 Å². The van der Waals surface area contributed by atoms with Gasteiger partial charge in [-0.25, -0.2) is 0 Å². The van der Waals surface area contributed by atoms with Crippen molar-refractivity contribution in [3.63, 3.8) is 0 Å². The highest BCUT2D eigenvalue weighted by Gasteiger charge is 2.21. The van der Waals surface area contributed by atoms with Crippen LogP contribution >= 0.6 is 27.5 Å². The quantitative estimate of drug-likeness (QED) is 0.710. The van der Waals surface area contributed by atoms with Gasteiger partial charge in [0.1, 0.15) is 5.75 Å². The summed E-state index contributed by atoms with van der Waals surface area (Å²) in [7, 11) is 0. The summed E-state index contributed by atoms with van der Waals surface area (Å²) >= 11 is 9.41. The number of hydrogen-bond acceptors (Lipinski definition) is 3. The zero-order valence-electron chi connectivity index (χ0n) is 13.1. The van der Waals surface area contributed by atoms with Gasteiger partial charge >= 0.3 is 0 Å². The third-order valence-corrected chi connectivity index (χ3v) is 4.55. The molecule has 1 aromatic carbocycles. The number of halogens is 2. The summed E-state index contributed by atoms with van der Waals surface area (Å²) in [5.41, 5.74) is 0. The maximum atomic E-state index is 12.1. The third-order valence-electron chi connectivity index (χ3n) is 3.76. The van der Waals surface area contributed by atoms with Gasteiger partial charge in [0.15, 0.2) is 0 Å². The van der Waals surface area contributed by atoms with Gasteiger partial charge in [-0.1, -0.05) is 27.5 Å². The fraction of sp³-hybridized carbons (Fsp3) is 0.500. The second-order valence-corrected chi connectivity index (χ2v) is 6.74. The molecule has 23 heavy (non-hydrogen) atoms. The first-order valence-electron chi connectivity index (χ1n) is 7.58. The van der Waals surface area contributed by atoms with Crippen LogP contribution in [0.5, 0.6) is 5.75 Å². The van der Waals surface area contributed by atoms with Gasteiger partial charge in [0.25, 0.3) is 0 Å². The van der Waals surface area contributed by atoms with Gasteiger partial charge < -0.3 is 14.5 Å². The summed E-state index contributed by atoms with van der Waals surface area (Å²) in [6.45, 7) is 4.45. The number of hydrogen-bond donors (Lipinski definition) is 0. The van der Waals surface area contributed by atoms with Crippen LogP contribution in [0.4, 0.5) is 0 Å². The van der Waals surface area contributed by atoms with Crippen LogP contribution in [0.25, 0.3) is 0 Å². The summed E-state index contributed by atoms with van der Waals surface area (Å²) in [5, 5.41) is 0.547. The second kappa shape index (κ2) is 8.55. The Morgan fingerprint density at radius 2 is 1.87 bits per heavy atom. The molecule has 0 bridgehead atoms. The number of benzene rings is 1. The molecule has 7 heteroatoms. The number of piperazine rings is 1. The van der Waals surface area contributed by atoms with Gasteiger partial charge in [0.05, 0.1) is 11.6 Å². The number of ether oxygens (including phenoxy) is 1. The van der Waals surface area contributed by atoms with Crippen LogP contribution in [0.2, 0.25) is 5.02 Å². The van der Waals surface area contributed by atoms with Crippen molar-refractivity contribution in [1.82, 2.24) is 9.80 Å². The summed E-state index contributed by atoms with van der Waals surface area (Å²) in [6.07, 6.45) is 1.08. The minimum atomic E-state index is 0.0666. The Hall–Kier alpha value is -1.27. The maximum absolute atomic E-state index is 12.1. The molecule has 1 aliphatic heterocycles. The van der Waals surface area contributed by atoms with Gasteiger partial charge in [-0.05, 0) is 24.6 Å². The average Bonchev–Trinajstić information content (AvgIpc) is 2.53. The summed E-state index contributed by atoms with van der Waals surface area (Å²) < 4.78 is 6.50. The molecule has 0 unspecified atom stereocenters. The molecule has 0 radical (unpaired) electrons. The van der Waals surface area contributed by atoms with E-state index < -0.39 is 0 Å². The van der Waals surface area contributed by atoms with Crippen molar-refractivity contribution in [2.45, 2.75) is 19.8 Å². The molecule has 1 heterocycles. The number of carbonyl (C=O) groups excluding carboxylic acids is 2. The minimum absolute atomic E-state index is 0.0666. The molecular formula is C16H20BrClN2O3. The molecule has 0 atom stereocenters. The van der Waals surface area contributed by atoms with E-state index in [1.54, 1.807) is 24.0 Å². The van der Waals surface area contributed by atoms with E-state index in [1.807, 2.05) is 11.0 Å². The molecule has 1 saturated heterocycles. The zero-order chi connectivity index (χ0) is 16.8. The Labute approximate surface area is 149 Å². The Balaban J connectivity index is 1.68. The molecule has 126 valence electrons. The Kier molecular flexibility index (Phi) is 6.72. The Morgan fingerprint density at radius 1 is 1.22 bits per heavy atom. The lowest BCUT2D eigenvalue weighted by Crippen LogP contribution is -2.50. The lowest BCUT2D eigenvalue weighted by molar-refractivity contribution is -0.138. The van der Waals surface area contributed by atoms with E-state index in [4.69, 9.17) is 16.3 Å². The normalized spacial score (nSPS) is 14.7. The van der Waals surface area contributed by atoms with E-state index in [-0.39, 0.29) is 11.8 Å². The molecule has 1 aliphatic rings. The predicted molar refractivity (Wildman–Crippen MR) is 92.7 cm³/mol. The highest BCUT2D eigenvalue weighted by atomic mass is 79.9. The number of nitrogens with zero attached hydrogens (tertiary/aromatic N) is 2. The van der Waals surface area contributed by atoms with Gasteiger partial charge in [-0.15, -0.1) is 0 Å². The van der Waals surface area contributed by atoms with Gasteiger partial charge in [-0.3, -0.25) is 9.59 Å². The first-order chi connectivity index (χ1) is 11.0. The molecule has 0 aromatic heterocycles. The molecule has 0 saturated carbocycles. The van der Waals surface area contributed by atoms with Crippen molar-refractivity contribution in [3.8, 4) is 5.75 Å². The van der Waals surface area contributed by atoms with Crippen LogP contribution in [-0.2, 0) is 9.59 Å². The van der Waals surface area contributed by atoms with E-state index in [9.17, 15) is 9.59 Å². The van der Waals surface area contributed by atoms with Crippen LogP contribution in [0.3, 0.4) is 0 Å². The van der Waals surface area contributed by atoms with Crippen molar-refractivity contribution in [3.05, 3.63) is 27.7 Å². The highest BCUT2D eigenvalue weighted by Crippen LogP contribution is 2.27. The number of rotatable bonds is 5. The van der Waals surface area contributed by atoms with E-state index in [0.717, 1.165) is 4.47 Å². The summed E-state index contributed by atoms with van der Waals surface area (Å²) in [5.74, 6) is 0.799. The average molecular weight is 404 g/mol. The van der Waals surface area contributed by atoms with E-state index in [1.165, 1.54) is 0 Å². The fourth-order valence-corrected chi connectivity index (χ4v) is 3.15. The van der Waals surface area contributed by atoms with Crippen molar-refractivity contribution in [2.75, 3.05) is 32.8 Å². The van der Waals surface area contributed by atoms with Crippen molar-refractivity contribution in [2.24, 2.45) is 0 Å². The first-order valence-corrected chi connectivity index (χ1v) is 8.75. The second-order valence-electron chi connectivity index (χ2n) is 5.41. The monoisotopic (exact) mass is 402 g/mol. The number of carbonyl (C=O) groups is 2. The molecule has 2 rings (SSSR count). The van der Waals surface area contributed by atoms with Crippen LogP contribution in [0.1, 0.15) is 19.8 Å². The van der Waals surface area contributed by atoms with Gasteiger partial charge in [-0.2, -0.15) is 0 Å². The largest absolute Gasteiger partial charge is 0.492 e. The fourth-order valence-electron chi connectivity index (χ4n) is 2.43. The lowest BCUT2D eigenvalue weighted by atomic mass is 10.2. The van der Waals surface area contributed by atoms with Crippen LogP contribution in [0, 0.1) is 0 Å². The molecule has 1 aromatic rings. The lowest BCUT2D eigenvalue weighted by Gasteiger charge is -2.34. The van der Waals surface area contributed by atoms with Crippen LogP contribution in [-0.4, -0.2) is 54.4 Å². The van der Waals surface area contributed by atoms with Gasteiger partial charge in [0.2, 0.25) is 11.8 Å². The minimum Gasteiger partial charge on any atom is -0.492 e. The highest BCUT2D eigenvalue weighted by molar-refractivity contribution is 9.10. The maximum Gasteiger partial charge on any atom is 0.222 e. The topological polar surface area (TPSA) is 49.9 Å². The zero-order valence-corrected chi connectivity index (χ0v) is 15.4. The number of amides is 2. The van der Waals surface area contributed by atoms with Crippen molar-refractivity contribution < 1.29 is 14.3 Å². The predicted octanol–water partition coefficient (Wildman–Crippen LogP) is 2.95. The molecule has 5 nitrogen and oxygen atoms in total. The smallest absolute Gasteiger partial charge is 0.222 e. The molecule has 0 aliphatic carbocycles. The Bertz CT molecular complexity index is 574. The SMILES string of the molecule is CC(=O)N1CCN(C(=O)CCCOc2ccc(Br)cc2Cl)CC1. The molecule has 0 spiro atoms. The first kappa shape index (κ1) is 18.1. The Morgan fingerprint density at radius 3 is 2.48 bits per heavy atom. The summed E-state index contributed by atoms with van der Waals surface area (Å²) in [4.78, 5) is 27.0. The third kappa shape index (κ3) is 5.39. The molecule has 1 fully saturated rings. The van der Waals surface area contributed by atoms with Crippen LogP contribution in [0.15, 0.2) is 22.7 Å². The van der Waals surface area contributed by atoms with E-state index in [0.29, 0.717) is 56.4 Å². The van der Waals surface area contributed by atoms with Crippen LogP contribution < -0.4 is 4.74 Å². The van der Waals surface area contributed by atoms with Gasteiger partial charge in [0, 0.05) is 44.0 Å². The van der Waals surface area contributed by atoms with Crippen molar-refractivity contribution >= 4 is 39.3 Å².